The molecule has 156 valence electrons. The van der Waals surface area contributed by atoms with Crippen LogP contribution >= 0.6 is 0 Å². The number of esters is 2. The van der Waals surface area contributed by atoms with Gasteiger partial charge in [-0.2, -0.15) is 0 Å². The van der Waals surface area contributed by atoms with E-state index >= 15 is 0 Å². The summed E-state index contributed by atoms with van der Waals surface area (Å²) in [6.45, 7) is 14.7. The molecule has 0 rings (SSSR count). The molecule has 0 aromatic rings. The predicted octanol–water partition coefficient (Wildman–Crippen LogP) is 3.26. The number of nitrogens with zero attached hydrogens (tertiary/aromatic N) is 1. The second-order valence-electron chi connectivity index (χ2n) is 8.07. The first kappa shape index (κ1) is 27.1. The fourth-order valence-electron chi connectivity index (χ4n) is 1.29. The molecule has 0 aliphatic heterocycles. The molecule has 0 radical (unpaired) electrons. The summed E-state index contributed by atoms with van der Waals surface area (Å²) in [5, 5.41) is 9.17. The Morgan fingerprint density at radius 3 is 1.69 bits per heavy atom. The number of aliphatic hydroxyl groups is 1. The number of hydrogen-bond acceptors (Lipinski definition) is 6. The third-order valence-electron chi connectivity index (χ3n) is 4.52. The van der Waals surface area contributed by atoms with E-state index in [2.05, 4.69) is 0 Å². The number of ether oxygens (including phenoxy) is 2. The van der Waals surface area contributed by atoms with Gasteiger partial charge in [0.25, 0.3) is 0 Å². The van der Waals surface area contributed by atoms with Gasteiger partial charge in [-0.05, 0) is 61.1 Å². The Kier molecular flexibility index (Phi) is 13.6. The number of rotatable bonds is 10. The maximum atomic E-state index is 11.4. The SMILES string of the molecule is CCC(C)(C)C(=O)OCCN(C)C.CCC(O)COC(=O)C(C)(C)CC. The summed E-state index contributed by atoms with van der Waals surface area (Å²) in [5.74, 6) is -0.334. The highest BCUT2D eigenvalue weighted by Gasteiger charge is 2.27. The molecule has 6 nitrogen and oxygen atoms in total. The van der Waals surface area contributed by atoms with Crippen LogP contribution < -0.4 is 0 Å². The van der Waals surface area contributed by atoms with Crippen LogP contribution in [0.1, 0.15) is 67.7 Å². The second-order valence-corrected chi connectivity index (χ2v) is 8.07. The van der Waals surface area contributed by atoms with Crippen LogP contribution in [0.5, 0.6) is 0 Å². The summed E-state index contributed by atoms with van der Waals surface area (Å²) in [6.07, 6.45) is 1.64. The standard InChI is InChI=1S/C10H21NO2.C10H20O3/c1-6-10(2,3)9(12)13-8-7-11(4)5;1-5-8(11)7-13-9(12)10(3,4)6-2/h6-8H2,1-5H3;8,11H,5-7H2,1-4H3. The molecule has 0 aliphatic rings. The average molecular weight is 376 g/mol. The van der Waals surface area contributed by atoms with Crippen LogP contribution in [0.4, 0.5) is 0 Å². The molecule has 0 saturated heterocycles. The first-order chi connectivity index (χ1) is 11.8. The van der Waals surface area contributed by atoms with E-state index in [0.29, 0.717) is 13.0 Å². The van der Waals surface area contributed by atoms with Crippen molar-refractivity contribution < 1.29 is 24.2 Å². The van der Waals surface area contributed by atoms with Crippen LogP contribution in [0.2, 0.25) is 0 Å². The van der Waals surface area contributed by atoms with E-state index in [1.54, 1.807) is 0 Å². The summed E-state index contributed by atoms with van der Waals surface area (Å²) < 4.78 is 10.1. The predicted molar refractivity (Wildman–Crippen MR) is 105 cm³/mol. The van der Waals surface area contributed by atoms with Crippen molar-refractivity contribution in [2.75, 3.05) is 33.9 Å². The van der Waals surface area contributed by atoms with Gasteiger partial charge >= 0.3 is 11.9 Å². The molecule has 6 heteroatoms. The highest BCUT2D eigenvalue weighted by Crippen LogP contribution is 2.22. The van der Waals surface area contributed by atoms with Crippen molar-refractivity contribution in [3.63, 3.8) is 0 Å². The largest absolute Gasteiger partial charge is 0.464 e. The van der Waals surface area contributed by atoms with Crippen molar-refractivity contribution in [2.45, 2.75) is 73.8 Å². The van der Waals surface area contributed by atoms with Crippen molar-refractivity contribution >= 4 is 11.9 Å². The molecule has 1 unspecified atom stereocenters. The normalized spacial score (nSPS) is 12.9. The number of carbonyl (C=O) groups is 2. The van der Waals surface area contributed by atoms with Gasteiger partial charge in [0.1, 0.15) is 13.2 Å². The molecule has 0 fully saturated rings. The van der Waals surface area contributed by atoms with Gasteiger partial charge in [0.15, 0.2) is 0 Å². The number of carbonyl (C=O) groups excluding carboxylic acids is 2. The minimum atomic E-state index is -0.531. The van der Waals surface area contributed by atoms with Gasteiger partial charge in [-0.15, -0.1) is 0 Å². The first-order valence-corrected chi connectivity index (χ1v) is 9.51. The van der Waals surface area contributed by atoms with Crippen LogP contribution in [0.15, 0.2) is 0 Å². The van der Waals surface area contributed by atoms with Crippen LogP contribution in [-0.2, 0) is 19.1 Å². The van der Waals surface area contributed by atoms with Crippen LogP contribution in [0.25, 0.3) is 0 Å². The van der Waals surface area contributed by atoms with Crippen LogP contribution in [0, 0.1) is 10.8 Å². The highest BCUT2D eigenvalue weighted by atomic mass is 16.5. The minimum Gasteiger partial charge on any atom is -0.464 e. The summed E-state index contributed by atoms with van der Waals surface area (Å²) in [4.78, 5) is 24.8. The quantitative estimate of drug-likeness (QED) is 0.591. The molecule has 0 amide bonds. The fraction of sp³-hybridized carbons (Fsp3) is 0.900. The molecule has 0 aromatic carbocycles. The molecule has 0 aliphatic carbocycles. The van der Waals surface area contributed by atoms with Crippen LogP contribution in [-0.4, -0.2) is 61.9 Å². The Balaban J connectivity index is 0. The topological polar surface area (TPSA) is 76.1 Å². The average Bonchev–Trinajstić information content (AvgIpc) is 2.59. The lowest BCUT2D eigenvalue weighted by molar-refractivity contribution is -0.157. The fourth-order valence-corrected chi connectivity index (χ4v) is 1.29. The van der Waals surface area contributed by atoms with E-state index in [-0.39, 0.29) is 24.0 Å². The van der Waals surface area contributed by atoms with E-state index in [1.165, 1.54) is 0 Å². The number of aliphatic hydroxyl groups excluding tert-OH is 1. The summed E-state index contributed by atoms with van der Waals surface area (Å²) >= 11 is 0. The van der Waals surface area contributed by atoms with Gasteiger partial charge in [0.05, 0.1) is 16.9 Å². The van der Waals surface area contributed by atoms with E-state index in [9.17, 15) is 9.59 Å². The van der Waals surface area contributed by atoms with E-state index in [1.807, 2.05) is 67.5 Å². The smallest absolute Gasteiger partial charge is 0.311 e. The number of likely N-dealkylation sites (N-methyl/N-ethyl adjacent to an activating group) is 1. The third-order valence-corrected chi connectivity index (χ3v) is 4.52. The molecule has 0 spiro atoms. The molecule has 1 N–H and O–H groups in total. The van der Waals surface area contributed by atoms with Crippen LogP contribution in [0.3, 0.4) is 0 Å². The Bertz CT molecular complexity index is 405. The van der Waals surface area contributed by atoms with Gasteiger partial charge < -0.3 is 19.5 Å². The zero-order valence-electron chi connectivity index (χ0n) is 18.3. The zero-order chi connectivity index (χ0) is 21.0. The third kappa shape index (κ3) is 12.3. The van der Waals surface area contributed by atoms with Crippen molar-refractivity contribution in [3.8, 4) is 0 Å². The lowest BCUT2D eigenvalue weighted by Crippen LogP contribution is -2.28. The Labute approximate surface area is 160 Å². The molecule has 0 bridgehead atoms. The van der Waals surface area contributed by atoms with Gasteiger partial charge in [0.2, 0.25) is 0 Å². The molecule has 0 heterocycles. The van der Waals surface area contributed by atoms with E-state index in [0.717, 1.165) is 19.4 Å². The monoisotopic (exact) mass is 375 g/mol. The van der Waals surface area contributed by atoms with Gasteiger partial charge in [-0.25, -0.2) is 0 Å². The highest BCUT2D eigenvalue weighted by molar-refractivity contribution is 5.76. The van der Waals surface area contributed by atoms with E-state index in [4.69, 9.17) is 14.6 Å². The summed E-state index contributed by atoms with van der Waals surface area (Å²) in [6, 6.07) is 0. The summed E-state index contributed by atoms with van der Waals surface area (Å²) in [7, 11) is 3.91. The molecule has 1 atom stereocenters. The summed E-state index contributed by atoms with van der Waals surface area (Å²) in [5.41, 5.74) is -0.778. The van der Waals surface area contributed by atoms with Crippen molar-refractivity contribution in [1.82, 2.24) is 4.90 Å². The minimum absolute atomic E-state index is 0.100. The molecular weight excluding hydrogens is 334 g/mol. The molecule has 0 saturated carbocycles. The van der Waals surface area contributed by atoms with Crippen molar-refractivity contribution in [2.24, 2.45) is 10.8 Å². The molecule has 0 aromatic heterocycles. The van der Waals surface area contributed by atoms with E-state index < -0.39 is 11.5 Å². The van der Waals surface area contributed by atoms with Crippen molar-refractivity contribution in [3.05, 3.63) is 0 Å². The maximum absolute atomic E-state index is 11.4. The Hall–Kier alpha value is -1.14. The Morgan fingerprint density at radius 2 is 1.35 bits per heavy atom. The maximum Gasteiger partial charge on any atom is 0.311 e. The van der Waals surface area contributed by atoms with Gasteiger partial charge in [-0.1, -0.05) is 20.8 Å². The molecular formula is C20H41NO5. The Morgan fingerprint density at radius 1 is 0.923 bits per heavy atom. The van der Waals surface area contributed by atoms with Crippen molar-refractivity contribution in [1.29, 1.82) is 0 Å². The van der Waals surface area contributed by atoms with Gasteiger partial charge in [0, 0.05) is 6.54 Å². The van der Waals surface area contributed by atoms with Gasteiger partial charge in [-0.3, -0.25) is 9.59 Å². The lowest BCUT2D eigenvalue weighted by Gasteiger charge is -2.21. The molecule has 26 heavy (non-hydrogen) atoms. The zero-order valence-corrected chi connectivity index (χ0v) is 18.3. The number of hydrogen-bond donors (Lipinski definition) is 1. The lowest BCUT2D eigenvalue weighted by atomic mass is 9.91. The second kappa shape index (κ2) is 13.1. The first-order valence-electron chi connectivity index (χ1n) is 9.51.